The van der Waals surface area contributed by atoms with Crippen LogP contribution in [0.2, 0.25) is 15.1 Å². The van der Waals surface area contributed by atoms with Crippen molar-refractivity contribution in [1.82, 2.24) is 35.2 Å². The van der Waals surface area contributed by atoms with E-state index in [0.717, 1.165) is 22.8 Å². The van der Waals surface area contributed by atoms with Gasteiger partial charge in [0.25, 0.3) is 0 Å². The molecule has 1 fully saturated rings. The van der Waals surface area contributed by atoms with Crippen molar-refractivity contribution in [2.75, 3.05) is 69.7 Å². The van der Waals surface area contributed by atoms with Crippen molar-refractivity contribution in [1.29, 1.82) is 0 Å². The maximum absolute atomic E-state index is 12.7. The number of nitrogen functional groups attached to an aromatic ring is 1. The van der Waals surface area contributed by atoms with Crippen LogP contribution in [0.5, 0.6) is 17.2 Å². The molecule has 0 bridgehead atoms. The Kier molecular flexibility index (Phi) is 29.5. The summed E-state index contributed by atoms with van der Waals surface area (Å²) in [5.41, 5.74) is 7.73. The van der Waals surface area contributed by atoms with Crippen molar-refractivity contribution in [3.05, 3.63) is 160 Å². The second-order valence-electron chi connectivity index (χ2n) is 21.2. The number of aliphatic hydroxyl groups is 1. The van der Waals surface area contributed by atoms with Gasteiger partial charge in [0.2, 0.25) is 11.1 Å². The highest BCUT2D eigenvalue weighted by molar-refractivity contribution is 7.99. The number of rotatable bonds is 24. The molecule has 4 heterocycles. The number of nitrogens with one attached hydrogen (secondary N) is 1. The molecule has 7 aromatic rings. The number of anilines is 2. The first-order chi connectivity index (χ1) is 42.5. The third-order valence-electron chi connectivity index (χ3n) is 11.9. The Morgan fingerprint density at radius 2 is 1.08 bits per heavy atom. The summed E-state index contributed by atoms with van der Waals surface area (Å²) in [5.74, 6) is 20.0. The first-order valence-corrected chi connectivity index (χ1v) is 30.2. The number of terminal acetylenes is 2. The van der Waals surface area contributed by atoms with Gasteiger partial charge in [0, 0.05) is 48.3 Å². The molecule has 3 aromatic carbocycles. The number of halogens is 3. The van der Waals surface area contributed by atoms with Gasteiger partial charge in [-0.3, -0.25) is 19.7 Å². The molecule has 0 radical (unpaired) electrons. The fraction of sp³-hybridized carbons (Fsp3) is 0.358. The largest absolute Gasteiger partial charge is 0.491 e. The predicted octanol–water partition coefficient (Wildman–Crippen LogP) is 12.0. The third kappa shape index (κ3) is 28.0. The molecule has 22 heteroatoms. The lowest BCUT2D eigenvalue weighted by molar-refractivity contribution is -0.113. The van der Waals surface area contributed by atoms with Gasteiger partial charge in [0.15, 0.2) is 0 Å². The minimum Gasteiger partial charge on any atom is -0.491 e. The Balaban J connectivity index is 0.000000255. The number of hydrogen-bond acceptors (Lipinski definition) is 17. The van der Waals surface area contributed by atoms with E-state index in [2.05, 4.69) is 71.3 Å². The van der Waals surface area contributed by atoms with E-state index in [1.54, 1.807) is 118 Å². The number of pyridine rings is 3. The van der Waals surface area contributed by atoms with Gasteiger partial charge < -0.3 is 49.3 Å². The number of hydrogen-bond donors (Lipinski definition) is 3. The molecule has 0 saturated heterocycles. The second-order valence-corrected chi connectivity index (χ2v) is 23.3. The molecule has 1 aliphatic carbocycles. The highest BCUT2D eigenvalue weighted by Crippen LogP contribution is 2.42. The first kappa shape index (κ1) is 71.9. The number of nitrogens with zero attached hydrogens (tertiary/aromatic N) is 7. The smallest absolute Gasteiger partial charge is 0.234 e. The van der Waals surface area contributed by atoms with E-state index in [4.69, 9.17) is 91.6 Å². The zero-order valence-electron chi connectivity index (χ0n) is 51.1. The molecular formula is C67H74Cl3N9O9S. The second kappa shape index (κ2) is 36.6. The lowest BCUT2D eigenvalue weighted by atomic mass is 10.1. The van der Waals surface area contributed by atoms with E-state index in [9.17, 15) is 4.79 Å². The van der Waals surface area contributed by atoms with Crippen molar-refractivity contribution < 1.29 is 43.1 Å². The summed E-state index contributed by atoms with van der Waals surface area (Å²) >= 11 is 20.2. The van der Waals surface area contributed by atoms with E-state index in [1.165, 1.54) is 34.8 Å². The number of nitrogens with two attached hydrogens (primary N) is 1. The highest BCUT2D eigenvalue weighted by Gasteiger charge is 2.25. The molecule has 1 amide bonds. The van der Waals surface area contributed by atoms with Crippen LogP contribution in [0.25, 0.3) is 5.69 Å². The molecule has 18 nitrogen and oxygen atoms in total. The maximum Gasteiger partial charge on any atom is 0.234 e. The van der Waals surface area contributed by atoms with E-state index >= 15 is 0 Å². The number of benzene rings is 3. The molecule has 4 N–H and O–H groups in total. The van der Waals surface area contributed by atoms with Gasteiger partial charge in [-0.25, -0.2) is 0 Å². The SMILES string of the molecule is C#CC(C)(C)OCCO.C#CC(C)(C)OCCOc1ccncc1.CC(C)(C#Cc1ccc(N)c(Cl)c1)OCCOc1ccncc1.CC(C)(C#Cc1ccc(NC(=O)CSc2nnnn2-c2ccc(C3CC3)cc2Cl)c(Cl)c1)OCCOc1ccncc1. The molecular weight excluding hydrogens is 1210 g/mol. The summed E-state index contributed by atoms with van der Waals surface area (Å²) in [7, 11) is 0. The van der Waals surface area contributed by atoms with Crippen molar-refractivity contribution >= 4 is 63.8 Å². The average molecular weight is 1290 g/mol. The van der Waals surface area contributed by atoms with E-state index in [1.807, 2.05) is 65.8 Å². The summed E-state index contributed by atoms with van der Waals surface area (Å²) in [6.07, 6.45) is 22.8. The number of carbonyl (C=O) groups is 1. The Labute approximate surface area is 541 Å². The Hall–Kier alpha value is -7.89. The molecule has 1 aliphatic rings. The van der Waals surface area contributed by atoms with Gasteiger partial charge in [0.05, 0.1) is 70.9 Å². The van der Waals surface area contributed by atoms with Crippen LogP contribution in [0.15, 0.2) is 133 Å². The molecule has 89 heavy (non-hydrogen) atoms. The van der Waals surface area contributed by atoms with Crippen LogP contribution in [0.1, 0.15) is 90.8 Å². The molecule has 0 unspecified atom stereocenters. The van der Waals surface area contributed by atoms with Crippen molar-refractivity contribution in [3.8, 4) is 71.3 Å². The predicted molar refractivity (Wildman–Crippen MR) is 351 cm³/mol. The van der Waals surface area contributed by atoms with Crippen LogP contribution in [-0.4, -0.2) is 127 Å². The number of tetrazole rings is 1. The van der Waals surface area contributed by atoms with Crippen molar-refractivity contribution in [2.45, 2.75) is 102 Å². The fourth-order valence-electron chi connectivity index (χ4n) is 6.98. The fourth-order valence-corrected chi connectivity index (χ4v) is 8.34. The Morgan fingerprint density at radius 1 is 0.618 bits per heavy atom. The molecule has 0 aliphatic heterocycles. The number of aliphatic hydroxyl groups excluding tert-OH is 1. The van der Waals surface area contributed by atoms with Crippen LogP contribution in [-0.2, 0) is 23.7 Å². The van der Waals surface area contributed by atoms with Gasteiger partial charge in [-0.2, -0.15) is 4.68 Å². The minimum atomic E-state index is -0.697. The summed E-state index contributed by atoms with van der Waals surface area (Å²) in [6, 6.07) is 27.2. The number of aromatic nitrogens is 7. The third-order valence-corrected chi connectivity index (χ3v) is 13.8. The zero-order valence-corrected chi connectivity index (χ0v) is 54.2. The van der Waals surface area contributed by atoms with E-state index in [0.29, 0.717) is 95.0 Å². The van der Waals surface area contributed by atoms with Gasteiger partial charge in [-0.15, -0.1) is 17.9 Å². The normalized spacial score (nSPS) is 11.8. The average Bonchev–Trinajstić information content (AvgIpc) is 3.28. The van der Waals surface area contributed by atoms with Crippen LogP contribution in [0.3, 0.4) is 0 Å². The van der Waals surface area contributed by atoms with Gasteiger partial charge >= 0.3 is 0 Å². The van der Waals surface area contributed by atoms with Crippen LogP contribution in [0, 0.1) is 48.4 Å². The van der Waals surface area contributed by atoms with Crippen molar-refractivity contribution in [3.63, 3.8) is 0 Å². The zero-order chi connectivity index (χ0) is 64.7. The molecule has 468 valence electrons. The molecule has 4 aromatic heterocycles. The molecule has 0 spiro atoms. The summed E-state index contributed by atoms with van der Waals surface area (Å²) in [6.45, 7) is 17.8. The number of thioether (sulfide) groups is 1. The van der Waals surface area contributed by atoms with E-state index < -0.39 is 22.4 Å². The number of amides is 1. The molecule has 0 atom stereocenters. The summed E-state index contributed by atoms with van der Waals surface area (Å²) in [4.78, 5) is 24.5. The van der Waals surface area contributed by atoms with Gasteiger partial charge in [0.1, 0.15) is 59.5 Å². The quantitative estimate of drug-likeness (QED) is 0.0221. The summed E-state index contributed by atoms with van der Waals surface area (Å²) < 4.78 is 40.2. The molecule has 1 saturated carbocycles. The summed E-state index contributed by atoms with van der Waals surface area (Å²) in [5, 5.41) is 24.9. The standard InChI is InChI=1S/C30H28Cl2N6O3S.C18H19ClN2O2.C12H15NO2.C7H12O2/c1-30(2,41-16-15-40-23-10-13-33-14-11-23)12-9-20-3-7-26(24(31)17-20)34-28(39)19-42-29-35-36-37-38(29)27-8-6-22(18-25(27)32)21-4-5-21;1-18(2,8-5-14-3-4-17(20)16(19)13-14)23-12-11-22-15-6-9-21-10-7-15;1-4-12(2,3)15-10-9-14-11-5-7-13-8-6-11;1-4-7(2,3)9-6-5-8/h3,6-8,10-11,13-14,17-18,21H,4-5,15-16,19H2,1-2H3,(H,34,39);3-4,6-7,9-10,13H,11-12,20H2,1-2H3;1,5-8H,9-10H2,2-3H3;1,8H,5-6H2,2-3H3. The van der Waals surface area contributed by atoms with Gasteiger partial charge in [-0.1, -0.05) is 88.2 Å². The highest BCUT2D eigenvalue weighted by atomic mass is 35.5. The Bertz CT molecular complexity index is 3540. The van der Waals surface area contributed by atoms with Gasteiger partial charge in [-0.05, 0) is 175 Å². The first-order valence-electron chi connectivity index (χ1n) is 28.1. The minimum absolute atomic E-state index is 0.0190. The van der Waals surface area contributed by atoms with E-state index in [-0.39, 0.29) is 18.3 Å². The van der Waals surface area contributed by atoms with Crippen molar-refractivity contribution in [2.24, 2.45) is 0 Å². The lowest BCUT2D eigenvalue weighted by Gasteiger charge is -2.19. The number of carbonyl (C=O) groups excluding carboxylic acids is 1. The van der Waals surface area contributed by atoms with Crippen LogP contribution < -0.4 is 25.3 Å². The monoisotopic (exact) mass is 1290 g/mol. The molecule has 8 rings (SSSR count). The van der Waals surface area contributed by atoms with Crippen LogP contribution >= 0.6 is 46.6 Å². The maximum atomic E-state index is 12.7. The van der Waals surface area contributed by atoms with Crippen LogP contribution in [0.4, 0.5) is 11.4 Å². The number of ether oxygens (including phenoxy) is 7. The topological polar surface area (TPSA) is 222 Å². The lowest BCUT2D eigenvalue weighted by Crippen LogP contribution is -2.25. The Morgan fingerprint density at radius 3 is 1.52 bits per heavy atom.